The number of carbonyl (C=O) groups excluding carboxylic acids is 2. The first-order valence-electron chi connectivity index (χ1n) is 6.90. The maximum Gasteiger partial charge on any atom is 0.248 e. The van der Waals surface area contributed by atoms with E-state index in [1.807, 2.05) is 18.2 Å². The van der Waals surface area contributed by atoms with Crippen molar-refractivity contribution in [2.45, 2.75) is 19.8 Å². The summed E-state index contributed by atoms with van der Waals surface area (Å²) in [4.78, 5) is 23.2. The molecule has 1 aromatic carbocycles. The lowest BCUT2D eigenvalue weighted by Gasteiger charge is -2.06. The molecular weight excluding hydrogens is 284 g/mol. The molecule has 22 heavy (non-hydrogen) atoms. The number of nitrogens with one attached hydrogen (secondary N) is 2. The van der Waals surface area contributed by atoms with Gasteiger partial charge in [-0.2, -0.15) is 10.2 Å². The number of methoxy groups -OCH3 is 1. The third-order valence-corrected chi connectivity index (χ3v) is 3.32. The zero-order valence-corrected chi connectivity index (χ0v) is 12.5. The minimum Gasteiger partial charge on any atom is -0.497 e. The summed E-state index contributed by atoms with van der Waals surface area (Å²) in [5.74, 6) is -0.0118. The largest absolute Gasteiger partial charge is 0.497 e. The van der Waals surface area contributed by atoms with Gasteiger partial charge in [0, 0.05) is 12.1 Å². The topological polar surface area (TPSA) is 92.1 Å². The molecule has 0 saturated carbocycles. The summed E-state index contributed by atoms with van der Waals surface area (Å²) in [6.45, 7) is 1.77. The van der Waals surface area contributed by atoms with Gasteiger partial charge in [-0.3, -0.25) is 9.59 Å². The molecule has 1 heterocycles. The highest BCUT2D eigenvalue weighted by Gasteiger charge is 2.26. The van der Waals surface area contributed by atoms with Crippen LogP contribution >= 0.6 is 0 Å². The Hall–Kier alpha value is -2.70. The fraction of sp³-hybridized carbons (Fsp3) is 0.333. The minimum atomic E-state index is -0.326. The lowest BCUT2D eigenvalue weighted by molar-refractivity contribution is -0.123. The zero-order valence-electron chi connectivity index (χ0n) is 12.5. The van der Waals surface area contributed by atoms with Crippen LogP contribution in [0.25, 0.3) is 0 Å². The fourth-order valence-corrected chi connectivity index (χ4v) is 2.06. The number of rotatable bonds is 6. The smallest absolute Gasteiger partial charge is 0.248 e. The SMILES string of the molecule is COc1cccc(/C=N\NC(=O)CC[C@H]2C(=O)NN=C2C)c1. The number of ether oxygens (including phenoxy) is 1. The van der Waals surface area contributed by atoms with Crippen LogP contribution in [-0.2, 0) is 9.59 Å². The fourth-order valence-electron chi connectivity index (χ4n) is 2.06. The molecule has 2 N–H and O–H groups in total. The molecule has 2 rings (SSSR count). The summed E-state index contributed by atoms with van der Waals surface area (Å²) in [6.07, 6.45) is 2.16. The molecule has 116 valence electrons. The Balaban J connectivity index is 1.79. The van der Waals surface area contributed by atoms with Crippen molar-refractivity contribution in [3.63, 3.8) is 0 Å². The summed E-state index contributed by atoms with van der Waals surface area (Å²) < 4.78 is 5.10. The second-order valence-electron chi connectivity index (χ2n) is 4.89. The molecule has 0 aliphatic carbocycles. The Kier molecular flexibility index (Phi) is 5.24. The van der Waals surface area contributed by atoms with Crippen LogP contribution in [0.15, 0.2) is 34.5 Å². The van der Waals surface area contributed by atoms with Crippen LogP contribution in [0, 0.1) is 5.92 Å². The maximum atomic E-state index is 11.7. The molecule has 7 nitrogen and oxygen atoms in total. The van der Waals surface area contributed by atoms with Crippen LogP contribution in [0.5, 0.6) is 5.75 Å². The quantitative estimate of drug-likeness (QED) is 0.607. The molecule has 7 heteroatoms. The average Bonchev–Trinajstić information content (AvgIpc) is 2.84. The van der Waals surface area contributed by atoms with E-state index in [-0.39, 0.29) is 24.2 Å². The van der Waals surface area contributed by atoms with Gasteiger partial charge in [-0.05, 0) is 31.0 Å². The molecule has 1 aliphatic heterocycles. The van der Waals surface area contributed by atoms with Crippen molar-refractivity contribution < 1.29 is 14.3 Å². The van der Waals surface area contributed by atoms with Gasteiger partial charge in [0.1, 0.15) is 5.75 Å². The van der Waals surface area contributed by atoms with Crippen molar-refractivity contribution in [1.29, 1.82) is 0 Å². The van der Waals surface area contributed by atoms with Gasteiger partial charge in [-0.1, -0.05) is 12.1 Å². The lowest BCUT2D eigenvalue weighted by atomic mass is 9.99. The Morgan fingerprint density at radius 2 is 2.36 bits per heavy atom. The van der Waals surface area contributed by atoms with E-state index in [2.05, 4.69) is 21.1 Å². The van der Waals surface area contributed by atoms with Gasteiger partial charge < -0.3 is 4.74 Å². The minimum absolute atomic E-state index is 0.162. The second-order valence-corrected chi connectivity index (χ2v) is 4.89. The van der Waals surface area contributed by atoms with Crippen LogP contribution < -0.4 is 15.6 Å². The number of hydrogen-bond acceptors (Lipinski definition) is 5. The highest BCUT2D eigenvalue weighted by atomic mass is 16.5. The van der Waals surface area contributed by atoms with Gasteiger partial charge in [0.05, 0.1) is 19.2 Å². The van der Waals surface area contributed by atoms with Crippen LogP contribution in [0.2, 0.25) is 0 Å². The van der Waals surface area contributed by atoms with E-state index in [0.717, 1.165) is 11.3 Å². The van der Waals surface area contributed by atoms with Gasteiger partial charge >= 0.3 is 0 Å². The molecule has 0 aromatic heterocycles. The Morgan fingerprint density at radius 1 is 1.55 bits per heavy atom. The standard InChI is InChI=1S/C15H18N4O3/c1-10-13(15(21)19-17-10)6-7-14(20)18-16-9-11-4-3-5-12(8-11)22-2/h3-5,8-9,13H,6-7H2,1-2H3,(H,18,20)(H,19,21)/b16-9-/t13-/m1/s1. The number of carbonyl (C=O) groups is 2. The summed E-state index contributed by atoms with van der Waals surface area (Å²) in [5, 5.41) is 7.73. The molecule has 1 aliphatic rings. The Morgan fingerprint density at radius 3 is 3.05 bits per heavy atom. The maximum absolute atomic E-state index is 11.7. The van der Waals surface area contributed by atoms with Crippen LogP contribution in [-0.4, -0.2) is 30.9 Å². The van der Waals surface area contributed by atoms with Crippen LogP contribution in [0.4, 0.5) is 0 Å². The zero-order chi connectivity index (χ0) is 15.9. The molecule has 0 unspecified atom stereocenters. The molecule has 0 saturated heterocycles. The molecule has 0 radical (unpaired) electrons. The third-order valence-electron chi connectivity index (χ3n) is 3.32. The van der Waals surface area contributed by atoms with Gasteiger partial charge in [-0.15, -0.1) is 0 Å². The van der Waals surface area contributed by atoms with Crippen molar-refractivity contribution >= 4 is 23.7 Å². The summed E-state index contributed by atoms with van der Waals surface area (Å²) >= 11 is 0. The van der Waals surface area contributed by atoms with E-state index in [0.29, 0.717) is 12.1 Å². The number of amides is 2. The molecule has 0 bridgehead atoms. The van der Waals surface area contributed by atoms with E-state index in [9.17, 15) is 9.59 Å². The lowest BCUT2D eigenvalue weighted by Crippen LogP contribution is -2.25. The Labute approximate surface area is 128 Å². The Bertz CT molecular complexity index is 625. The average molecular weight is 302 g/mol. The summed E-state index contributed by atoms with van der Waals surface area (Å²) in [6, 6.07) is 7.31. The highest BCUT2D eigenvalue weighted by molar-refractivity contribution is 6.07. The van der Waals surface area contributed by atoms with E-state index < -0.39 is 0 Å². The number of hydrogen-bond donors (Lipinski definition) is 2. The van der Waals surface area contributed by atoms with Crippen molar-refractivity contribution in [2.75, 3.05) is 7.11 Å². The molecule has 1 atom stereocenters. The predicted octanol–water partition coefficient (Wildman–Crippen LogP) is 1.05. The molecular formula is C15H18N4O3. The summed E-state index contributed by atoms with van der Waals surface area (Å²) in [5.41, 5.74) is 6.36. The van der Waals surface area contributed by atoms with E-state index in [1.165, 1.54) is 6.21 Å². The van der Waals surface area contributed by atoms with Crippen molar-refractivity contribution in [3.8, 4) is 5.75 Å². The normalized spacial score (nSPS) is 17.3. The van der Waals surface area contributed by atoms with Crippen LogP contribution in [0.1, 0.15) is 25.3 Å². The number of hydrazone groups is 2. The van der Waals surface area contributed by atoms with E-state index >= 15 is 0 Å². The third kappa shape index (κ3) is 4.15. The van der Waals surface area contributed by atoms with Gasteiger partial charge in [0.15, 0.2) is 0 Å². The van der Waals surface area contributed by atoms with E-state index in [4.69, 9.17) is 4.74 Å². The number of nitrogens with zero attached hydrogens (tertiary/aromatic N) is 2. The first kappa shape index (κ1) is 15.7. The molecule has 0 fully saturated rings. The van der Waals surface area contributed by atoms with Crippen molar-refractivity contribution in [1.82, 2.24) is 10.9 Å². The molecule has 1 aromatic rings. The van der Waals surface area contributed by atoms with Gasteiger partial charge in [-0.25, -0.2) is 10.9 Å². The van der Waals surface area contributed by atoms with Gasteiger partial charge in [0.25, 0.3) is 0 Å². The molecule has 2 amide bonds. The summed E-state index contributed by atoms with van der Waals surface area (Å²) in [7, 11) is 1.59. The molecule has 0 spiro atoms. The van der Waals surface area contributed by atoms with Crippen molar-refractivity contribution in [2.24, 2.45) is 16.1 Å². The van der Waals surface area contributed by atoms with Crippen molar-refractivity contribution in [3.05, 3.63) is 29.8 Å². The highest BCUT2D eigenvalue weighted by Crippen LogP contribution is 2.13. The number of benzene rings is 1. The van der Waals surface area contributed by atoms with Gasteiger partial charge in [0.2, 0.25) is 11.8 Å². The van der Waals surface area contributed by atoms with Crippen LogP contribution in [0.3, 0.4) is 0 Å². The second kappa shape index (κ2) is 7.35. The predicted molar refractivity (Wildman–Crippen MR) is 82.7 cm³/mol. The first-order chi connectivity index (χ1) is 10.6. The van der Waals surface area contributed by atoms with E-state index in [1.54, 1.807) is 20.1 Å². The monoisotopic (exact) mass is 302 g/mol. The first-order valence-corrected chi connectivity index (χ1v) is 6.90.